The molecule has 316 valence electrons. The molecule has 0 aromatic rings. The van der Waals surface area contributed by atoms with E-state index in [0.717, 1.165) is 103 Å². The quantitative estimate of drug-likeness (QED) is 0.0490. The molecule has 0 saturated carbocycles. The summed E-state index contributed by atoms with van der Waals surface area (Å²) in [4.78, 5) is 27.7. The number of esters is 2. The lowest BCUT2D eigenvalue weighted by Gasteiger charge is -2.21. The summed E-state index contributed by atoms with van der Waals surface area (Å²) >= 11 is 0. The van der Waals surface area contributed by atoms with E-state index in [1.54, 1.807) is 0 Å². The molecule has 0 heterocycles. The van der Waals surface area contributed by atoms with Crippen molar-refractivity contribution in [2.45, 2.75) is 233 Å². The van der Waals surface area contributed by atoms with Crippen molar-refractivity contribution in [1.82, 2.24) is 4.90 Å². The maximum atomic E-state index is 12.7. The fourth-order valence-electron chi connectivity index (χ4n) is 7.16. The smallest absolute Gasteiger partial charge is 0.311 e. The zero-order valence-electron chi connectivity index (χ0n) is 36.0. The van der Waals surface area contributed by atoms with Crippen molar-refractivity contribution >= 4 is 11.9 Å². The second-order valence-electron chi connectivity index (χ2n) is 15.9. The second kappa shape index (κ2) is 42.0. The van der Waals surface area contributed by atoms with Crippen molar-refractivity contribution in [3.8, 4) is 0 Å². The minimum atomic E-state index is -0.152. The van der Waals surface area contributed by atoms with Gasteiger partial charge in [-0.2, -0.15) is 0 Å². The number of aliphatic hydroxyl groups excluding tert-OH is 1. The lowest BCUT2D eigenvalue weighted by Crippen LogP contribution is -2.29. The summed E-state index contributed by atoms with van der Waals surface area (Å²) in [6, 6.07) is 0. The molecule has 0 amide bonds. The Morgan fingerprint density at radius 2 is 0.981 bits per heavy atom. The molecule has 0 saturated heterocycles. The Morgan fingerprint density at radius 3 is 1.53 bits per heavy atom. The second-order valence-corrected chi connectivity index (χ2v) is 15.9. The summed E-state index contributed by atoms with van der Waals surface area (Å²) in [6.45, 7) is 13.4. The van der Waals surface area contributed by atoms with Crippen LogP contribution in [0.25, 0.3) is 0 Å². The first-order chi connectivity index (χ1) is 26.0. The fraction of sp³-hybridized carbons (Fsp3) is 0.957. The molecule has 0 fully saturated rings. The van der Waals surface area contributed by atoms with E-state index in [1.807, 2.05) is 0 Å². The molecule has 7 heteroatoms. The number of aliphatic hydroxyl groups is 1. The van der Waals surface area contributed by atoms with Gasteiger partial charge in [0.15, 0.2) is 0 Å². The summed E-state index contributed by atoms with van der Waals surface area (Å²) in [6.07, 6.45) is 35.5. The zero-order chi connectivity index (χ0) is 38.9. The molecule has 0 aliphatic carbocycles. The van der Waals surface area contributed by atoms with Crippen LogP contribution in [0.2, 0.25) is 0 Å². The number of carbonyl (C=O) groups excluding carboxylic acids is 2. The number of ether oxygens (including phenoxy) is 3. The van der Waals surface area contributed by atoms with E-state index in [1.165, 1.54) is 109 Å². The Kier molecular flexibility index (Phi) is 41.0. The monoisotopic (exact) mass is 754 g/mol. The van der Waals surface area contributed by atoms with E-state index in [-0.39, 0.29) is 30.6 Å². The summed E-state index contributed by atoms with van der Waals surface area (Å²) in [5.74, 6) is -0.255. The van der Waals surface area contributed by atoms with Gasteiger partial charge in [-0.1, -0.05) is 150 Å². The molecule has 0 aromatic carbocycles. The minimum absolute atomic E-state index is 0.00412. The molecule has 1 atom stereocenters. The molecule has 0 rings (SSSR count). The van der Waals surface area contributed by atoms with Crippen LogP contribution in [0.5, 0.6) is 0 Å². The first-order valence-corrected chi connectivity index (χ1v) is 23.3. The maximum absolute atomic E-state index is 12.7. The first kappa shape index (κ1) is 51.8. The summed E-state index contributed by atoms with van der Waals surface area (Å²) < 4.78 is 17.5. The van der Waals surface area contributed by atoms with Gasteiger partial charge in [0, 0.05) is 19.6 Å². The van der Waals surface area contributed by atoms with Gasteiger partial charge >= 0.3 is 11.9 Å². The maximum Gasteiger partial charge on any atom is 0.311 e. The average Bonchev–Trinajstić information content (AvgIpc) is 3.15. The highest BCUT2D eigenvalue weighted by atomic mass is 16.5. The minimum Gasteiger partial charge on any atom is -0.465 e. The molecule has 0 bridgehead atoms. The van der Waals surface area contributed by atoms with Gasteiger partial charge in [0.05, 0.1) is 25.7 Å². The van der Waals surface area contributed by atoms with E-state index in [9.17, 15) is 14.7 Å². The van der Waals surface area contributed by atoms with E-state index in [2.05, 4.69) is 32.6 Å². The van der Waals surface area contributed by atoms with Crippen LogP contribution in [-0.4, -0.2) is 74.1 Å². The van der Waals surface area contributed by atoms with Crippen LogP contribution in [0.3, 0.4) is 0 Å². The Morgan fingerprint density at radius 1 is 0.509 bits per heavy atom. The van der Waals surface area contributed by atoms with Crippen molar-refractivity contribution < 1.29 is 28.9 Å². The Hall–Kier alpha value is -1.18. The summed E-state index contributed by atoms with van der Waals surface area (Å²) in [7, 11) is 0. The molecular weight excluding hydrogens is 663 g/mol. The molecule has 7 nitrogen and oxygen atoms in total. The van der Waals surface area contributed by atoms with Gasteiger partial charge < -0.3 is 24.2 Å². The van der Waals surface area contributed by atoms with E-state index in [4.69, 9.17) is 14.2 Å². The topological polar surface area (TPSA) is 85.3 Å². The van der Waals surface area contributed by atoms with Gasteiger partial charge in [-0.25, -0.2) is 0 Å². The lowest BCUT2D eigenvalue weighted by molar-refractivity contribution is -0.151. The van der Waals surface area contributed by atoms with Gasteiger partial charge in [0.1, 0.15) is 6.10 Å². The first-order valence-electron chi connectivity index (χ1n) is 23.3. The molecule has 53 heavy (non-hydrogen) atoms. The third-order valence-corrected chi connectivity index (χ3v) is 10.6. The number of hydrogen-bond acceptors (Lipinski definition) is 7. The highest BCUT2D eigenvalue weighted by Gasteiger charge is 2.19. The molecule has 0 radical (unpaired) electrons. The molecular formula is C46H91NO6. The molecule has 0 spiro atoms. The van der Waals surface area contributed by atoms with Crippen molar-refractivity contribution in [3.05, 3.63) is 0 Å². The van der Waals surface area contributed by atoms with E-state index >= 15 is 0 Å². The molecule has 0 aromatic heterocycles. The predicted molar refractivity (Wildman–Crippen MR) is 224 cm³/mol. The standard InChI is InChI=1S/C46H91NO6/c1-5-9-12-15-19-25-33-44(34-26-20-16-13-10-6-2)53-45(49)35-27-21-18-22-28-36-47(38-39-48)37-29-24-31-41-52-46(50)43(32-8-4)42-51-40-30-23-17-14-11-7-3/h43-44,48H,5-42H2,1-4H3. The number of hydrogen-bond donors (Lipinski definition) is 1. The molecule has 0 aliphatic heterocycles. The normalized spacial score (nSPS) is 12.2. The van der Waals surface area contributed by atoms with Crippen molar-refractivity contribution in [2.75, 3.05) is 46.1 Å². The Balaban J connectivity index is 4.13. The van der Waals surface area contributed by atoms with E-state index in [0.29, 0.717) is 26.2 Å². The number of unbranched alkanes of at least 4 members (excludes halogenated alkanes) is 21. The molecule has 1 unspecified atom stereocenters. The van der Waals surface area contributed by atoms with Crippen molar-refractivity contribution in [3.63, 3.8) is 0 Å². The highest BCUT2D eigenvalue weighted by molar-refractivity contribution is 5.72. The predicted octanol–water partition coefficient (Wildman–Crippen LogP) is 12.5. The number of nitrogens with zero attached hydrogens (tertiary/aromatic N) is 1. The lowest BCUT2D eigenvalue weighted by atomic mass is 10.0. The van der Waals surface area contributed by atoms with Gasteiger partial charge in [0.2, 0.25) is 0 Å². The Labute approximate surface area is 329 Å². The highest BCUT2D eigenvalue weighted by Crippen LogP contribution is 2.19. The van der Waals surface area contributed by atoms with Crippen LogP contribution < -0.4 is 0 Å². The SMILES string of the molecule is CCCCCCCCOCC(CCC)C(=O)OCCCCCN(CCO)CCCCCCCC(=O)OC(CCCCCCCC)CCCCCCCC. The van der Waals surface area contributed by atoms with Gasteiger partial charge in [0.25, 0.3) is 0 Å². The van der Waals surface area contributed by atoms with Crippen LogP contribution in [0.1, 0.15) is 227 Å². The van der Waals surface area contributed by atoms with E-state index < -0.39 is 0 Å². The summed E-state index contributed by atoms with van der Waals surface area (Å²) in [5.41, 5.74) is 0. The van der Waals surface area contributed by atoms with Crippen molar-refractivity contribution in [1.29, 1.82) is 0 Å². The number of carbonyl (C=O) groups is 2. The molecule has 0 aliphatic rings. The van der Waals surface area contributed by atoms with Crippen LogP contribution in [-0.2, 0) is 23.8 Å². The number of rotatable bonds is 43. The zero-order valence-corrected chi connectivity index (χ0v) is 36.0. The van der Waals surface area contributed by atoms with Gasteiger partial charge in [-0.15, -0.1) is 0 Å². The van der Waals surface area contributed by atoms with Gasteiger partial charge in [-0.3, -0.25) is 9.59 Å². The molecule has 1 N–H and O–H groups in total. The van der Waals surface area contributed by atoms with Crippen LogP contribution >= 0.6 is 0 Å². The van der Waals surface area contributed by atoms with Crippen LogP contribution in [0.4, 0.5) is 0 Å². The van der Waals surface area contributed by atoms with Gasteiger partial charge in [-0.05, 0) is 83.7 Å². The average molecular weight is 754 g/mol. The fourth-order valence-corrected chi connectivity index (χ4v) is 7.16. The Bertz CT molecular complexity index is 748. The van der Waals surface area contributed by atoms with Crippen LogP contribution in [0.15, 0.2) is 0 Å². The third-order valence-electron chi connectivity index (χ3n) is 10.6. The van der Waals surface area contributed by atoms with Crippen LogP contribution in [0, 0.1) is 5.92 Å². The largest absolute Gasteiger partial charge is 0.465 e. The third kappa shape index (κ3) is 36.2. The van der Waals surface area contributed by atoms with Crippen molar-refractivity contribution in [2.24, 2.45) is 5.92 Å². The summed E-state index contributed by atoms with van der Waals surface area (Å²) in [5, 5.41) is 9.59.